The number of pyridine rings is 2. The Balaban J connectivity index is 1.34. The standard InChI is InChI=1S/C44H26BN3S2/c49-43-29-17-7-9-21-35(29)48-39-26-34-40(25-32(39)44(50)31-19-11-18-30(43)42(31)48)47(28-15-5-2-6-16-28)38-24-12-23-37-41(38)45(34)33-20-8-10-22-36(33)46(37)27-13-3-1-4-14-27/h1-26H. The van der Waals surface area contributed by atoms with Gasteiger partial charge in [-0.1, -0.05) is 121 Å². The molecule has 4 heterocycles. The molecule has 2 aliphatic rings. The number of anilines is 6. The first-order valence-electron chi connectivity index (χ1n) is 16.9. The molecule has 6 heteroatoms. The zero-order valence-corrected chi connectivity index (χ0v) is 28.4. The third kappa shape index (κ3) is 3.64. The SMILES string of the molecule is S=c1c2ccccc2n2c3cc4c(cc3c(=S)c3cccc1c32)N(c1ccccc1)c1cccc2c1B4c1ccccc1N2c1ccccc1. The van der Waals surface area contributed by atoms with Crippen molar-refractivity contribution in [1.29, 1.82) is 0 Å². The highest BCUT2D eigenvalue weighted by atomic mass is 32.1. The summed E-state index contributed by atoms with van der Waals surface area (Å²) >= 11 is 12.5. The predicted octanol–water partition coefficient (Wildman–Crippen LogP) is 10.4. The molecule has 50 heavy (non-hydrogen) atoms. The van der Waals surface area contributed by atoms with Crippen molar-refractivity contribution in [3.05, 3.63) is 167 Å². The quantitative estimate of drug-likeness (QED) is 0.0784. The Kier molecular flexibility index (Phi) is 5.81. The number of rotatable bonds is 2. The van der Waals surface area contributed by atoms with Gasteiger partial charge in [-0.05, 0) is 77.1 Å². The molecule has 3 nitrogen and oxygen atoms in total. The molecular formula is C44H26BN3S2. The third-order valence-electron chi connectivity index (χ3n) is 10.7. The fourth-order valence-electron chi connectivity index (χ4n) is 8.67. The van der Waals surface area contributed by atoms with E-state index in [4.69, 9.17) is 24.4 Å². The Morgan fingerprint density at radius 1 is 0.400 bits per heavy atom. The second-order valence-electron chi connectivity index (χ2n) is 13.2. The summed E-state index contributed by atoms with van der Waals surface area (Å²) in [5, 5.41) is 4.24. The van der Waals surface area contributed by atoms with Crippen LogP contribution < -0.4 is 26.2 Å². The minimum atomic E-state index is 0.00365. The van der Waals surface area contributed by atoms with Crippen LogP contribution in [0.4, 0.5) is 34.1 Å². The Morgan fingerprint density at radius 2 is 0.940 bits per heavy atom. The minimum absolute atomic E-state index is 0.00365. The van der Waals surface area contributed by atoms with Crippen LogP contribution in [0.5, 0.6) is 0 Å². The zero-order valence-electron chi connectivity index (χ0n) is 26.7. The van der Waals surface area contributed by atoms with E-state index in [0.29, 0.717) is 0 Å². The van der Waals surface area contributed by atoms with E-state index < -0.39 is 0 Å². The normalized spacial score (nSPS) is 13.2. The molecular weight excluding hydrogens is 645 g/mol. The number of para-hydroxylation sites is 5. The van der Waals surface area contributed by atoms with Gasteiger partial charge in [0, 0.05) is 55.7 Å². The van der Waals surface area contributed by atoms with Crippen molar-refractivity contribution in [2.45, 2.75) is 0 Å². The lowest BCUT2D eigenvalue weighted by Crippen LogP contribution is -2.61. The number of hydrogen-bond acceptors (Lipinski definition) is 4. The highest BCUT2D eigenvalue weighted by Gasteiger charge is 2.43. The second-order valence-corrected chi connectivity index (χ2v) is 14.0. The summed E-state index contributed by atoms with van der Waals surface area (Å²) in [6, 6.07) is 56.8. The van der Waals surface area contributed by atoms with Crippen molar-refractivity contribution < 1.29 is 0 Å². The molecule has 0 unspecified atom stereocenters. The van der Waals surface area contributed by atoms with Crippen molar-refractivity contribution in [1.82, 2.24) is 4.40 Å². The highest BCUT2D eigenvalue weighted by Crippen LogP contribution is 2.45. The van der Waals surface area contributed by atoms with Gasteiger partial charge in [-0.25, -0.2) is 0 Å². The van der Waals surface area contributed by atoms with E-state index in [-0.39, 0.29) is 6.71 Å². The highest BCUT2D eigenvalue weighted by molar-refractivity contribution is 7.72. The van der Waals surface area contributed by atoms with Gasteiger partial charge in [0.15, 0.2) is 0 Å². The molecule has 0 bridgehead atoms. The number of nitrogens with zero attached hydrogens (tertiary/aromatic N) is 3. The van der Waals surface area contributed by atoms with Crippen LogP contribution in [0, 0.1) is 9.02 Å². The maximum atomic E-state index is 6.40. The van der Waals surface area contributed by atoms with Crippen LogP contribution in [0.15, 0.2) is 158 Å². The molecule has 0 spiro atoms. The van der Waals surface area contributed by atoms with Crippen LogP contribution in [0.2, 0.25) is 0 Å². The molecule has 0 fully saturated rings. The fraction of sp³-hybridized carbons (Fsp3) is 0. The summed E-state index contributed by atoms with van der Waals surface area (Å²) in [5.74, 6) is 0. The van der Waals surface area contributed by atoms with E-state index >= 15 is 0 Å². The number of aromatic nitrogens is 1. The van der Waals surface area contributed by atoms with Gasteiger partial charge in [-0.15, -0.1) is 0 Å². The van der Waals surface area contributed by atoms with Gasteiger partial charge >= 0.3 is 0 Å². The first-order chi connectivity index (χ1) is 24.7. The van der Waals surface area contributed by atoms with E-state index in [9.17, 15) is 0 Å². The Morgan fingerprint density at radius 3 is 1.66 bits per heavy atom. The van der Waals surface area contributed by atoms with Gasteiger partial charge in [0.1, 0.15) is 0 Å². The topological polar surface area (TPSA) is 10.9 Å². The molecule has 0 N–H and O–H groups in total. The van der Waals surface area contributed by atoms with Crippen LogP contribution in [0.3, 0.4) is 0 Å². The van der Waals surface area contributed by atoms with Gasteiger partial charge in [-0.3, -0.25) is 0 Å². The molecule has 0 radical (unpaired) electrons. The van der Waals surface area contributed by atoms with Crippen LogP contribution in [-0.2, 0) is 0 Å². The average molecular weight is 672 g/mol. The maximum absolute atomic E-state index is 6.40. The Bertz CT molecular complexity index is 3000. The first kappa shape index (κ1) is 28.1. The van der Waals surface area contributed by atoms with Crippen molar-refractivity contribution >= 4 is 120 Å². The van der Waals surface area contributed by atoms with Gasteiger partial charge in [0.25, 0.3) is 6.71 Å². The molecule has 0 saturated carbocycles. The minimum Gasteiger partial charge on any atom is -0.311 e. The second kappa shape index (κ2) is 10.3. The molecule has 232 valence electrons. The summed E-state index contributed by atoms with van der Waals surface area (Å²) in [5.41, 5.74) is 14.1. The lowest BCUT2D eigenvalue weighted by atomic mass is 9.33. The van der Waals surface area contributed by atoms with Crippen molar-refractivity contribution in [2.24, 2.45) is 0 Å². The number of hydrogen-bond donors (Lipinski definition) is 0. The lowest BCUT2D eigenvalue weighted by molar-refractivity contribution is 1.25. The lowest BCUT2D eigenvalue weighted by Gasteiger charge is -2.44. The van der Waals surface area contributed by atoms with Crippen LogP contribution in [0.25, 0.3) is 38.1 Å². The van der Waals surface area contributed by atoms with Gasteiger partial charge in [0.2, 0.25) is 0 Å². The average Bonchev–Trinajstić information content (AvgIpc) is 3.17. The maximum Gasteiger partial charge on any atom is 0.252 e. The van der Waals surface area contributed by atoms with Crippen LogP contribution >= 0.6 is 24.4 Å². The smallest absolute Gasteiger partial charge is 0.252 e. The van der Waals surface area contributed by atoms with E-state index in [1.165, 1.54) is 33.5 Å². The molecule has 0 saturated heterocycles. The van der Waals surface area contributed by atoms with Crippen LogP contribution in [0.1, 0.15) is 0 Å². The summed E-state index contributed by atoms with van der Waals surface area (Å²) in [4.78, 5) is 4.87. The van der Waals surface area contributed by atoms with E-state index in [0.717, 1.165) is 64.2 Å². The molecule has 0 amide bonds. The van der Waals surface area contributed by atoms with E-state index in [1.807, 2.05) is 0 Å². The molecule has 0 atom stereocenters. The van der Waals surface area contributed by atoms with Gasteiger partial charge in [-0.2, -0.15) is 0 Å². The molecule has 11 rings (SSSR count). The summed E-state index contributed by atoms with van der Waals surface area (Å²) in [6.07, 6.45) is 0. The summed E-state index contributed by atoms with van der Waals surface area (Å²) < 4.78 is 4.14. The van der Waals surface area contributed by atoms with E-state index in [1.54, 1.807) is 0 Å². The number of fused-ring (bicyclic) bond motifs is 8. The summed E-state index contributed by atoms with van der Waals surface area (Å²) in [7, 11) is 0. The van der Waals surface area contributed by atoms with E-state index in [2.05, 4.69) is 172 Å². The van der Waals surface area contributed by atoms with Crippen molar-refractivity contribution in [3.8, 4) is 0 Å². The molecule has 9 aromatic rings. The van der Waals surface area contributed by atoms with Crippen molar-refractivity contribution in [2.75, 3.05) is 9.80 Å². The third-order valence-corrected chi connectivity index (χ3v) is 11.5. The largest absolute Gasteiger partial charge is 0.311 e. The van der Waals surface area contributed by atoms with Gasteiger partial charge < -0.3 is 14.2 Å². The summed E-state index contributed by atoms with van der Waals surface area (Å²) in [6.45, 7) is 0.00365. The Labute approximate surface area is 299 Å². The fourth-order valence-corrected chi connectivity index (χ4v) is 9.33. The zero-order chi connectivity index (χ0) is 33.1. The Hall–Kier alpha value is -5.82. The molecule has 0 aliphatic carbocycles. The molecule has 2 aliphatic heterocycles. The monoisotopic (exact) mass is 671 g/mol. The van der Waals surface area contributed by atoms with Crippen molar-refractivity contribution in [3.63, 3.8) is 0 Å². The predicted molar refractivity (Wildman–Crippen MR) is 217 cm³/mol. The van der Waals surface area contributed by atoms with Crippen LogP contribution in [-0.4, -0.2) is 11.1 Å². The number of benzene rings is 7. The van der Waals surface area contributed by atoms with Gasteiger partial charge in [0.05, 0.1) is 25.6 Å². The first-order valence-corrected chi connectivity index (χ1v) is 17.7. The molecule has 7 aromatic carbocycles. The molecule has 2 aromatic heterocycles.